The molecule has 14 nitrogen and oxygen atoms in total. The quantitative estimate of drug-likeness (QED) is 0.0902. The Kier molecular flexibility index (Phi) is 13.0. The number of anilines is 1. The number of thiazole rings is 1. The highest BCUT2D eigenvalue weighted by Gasteiger charge is 2.61. The molecule has 0 radical (unpaired) electrons. The van der Waals surface area contributed by atoms with Crippen molar-refractivity contribution in [2.75, 3.05) is 33.1 Å². The van der Waals surface area contributed by atoms with Gasteiger partial charge in [-0.2, -0.15) is 25.9 Å². The predicted octanol–water partition coefficient (Wildman–Crippen LogP) is 6.82. The van der Waals surface area contributed by atoms with E-state index in [0.717, 1.165) is 21.6 Å². The van der Waals surface area contributed by atoms with E-state index in [1.54, 1.807) is 46.1 Å². The summed E-state index contributed by atoms with van der Waals surface area (Å²) in [4.78, 5) is 54.1. The summed E-state index contributed by atoms with van der Waals surface area (Å²) in [6.07, 6.45) is -4.61. The highest BCUT2D eigenvalue weighted by atomic mass is 32.2. The minimum Gasteiger partial charge on any atom is -0.496 e. The van der Waals surface area contributed by atoms with Gasteiger partial charge in [0.2, 0.25) is 11.8 Å². The number of likely N-dealkylation sites (tertiary alicyclic amines) is 1. The molecule has 1 aliphatic heterocycles. The highest BCUT2D eigenvalue weighted by molar-refractivity contribution is 7.87. The van der Waals surface area contributed by atoms with Crippen molar-refractivity contribution in [3.63, 3.8) is 0 Å². The molecule has 5 atom stereocenters. The van der Waals surface area contributed by atoms with Crippen molar-refractivity contribution in [3.8, 4) is 22.2 Å². The SMILES string of the molecule is C=CC1CC1(NC(=O)C1CC(Oc2cc(-c3nc(C(C)C)cs3)nc3c(C)c(OC)ccc23)CN1C(=O)C(Nc1ccc(F)c(C(F)(F)F)c1)C(C)(C)C)C(=O)NS(=O)(=O)N(C)C. The lowest BCUT2D eigenvalue weighted by atomic mass is 9.85. The van der Waals surface area contributed by atoms with Gasteiger partial charge in [-0.25, -0.2) is 19.1 Å². The molecule has 2 fully saturated rings. The van der Waals surface area contributed by atoms with Crippen LogP contribution in [0.4, 0.5) is 23.2 Å². The molecule has 3 N–H and O–H groups in total. The van der Waals surface area contributed by atoms with Crippen molar-refractivity contribution in [2.24, 2.45) is 11.3 Å². The number of hydrogen-bond donors (Lipinski definition) is 3. The molecular weight excluding hydrogens is 867 g/mol. The van der Waals surface area contributed by atoms with E-state index in [1.165, 1.54) is 36.4 Å². The standard InChI is InChI=1S/C43H51F4N7O7S2/c1-11-24-19-42(24,40(57)52-63(58,59)53(8)9)51-37(55)32-17-26(20-54(32)39(56)36(41(5,6)7)48-25-12-14-29(44)28(16-25)43(45,46)47)61-34-18-30(38-50-31(21-62-38)22(2)3)49-35-23(4)33(60-10)15-13-27(34)35/h11-16,18,21-22,24,26,32,36,48H,1,17,19-20H2,2-10H3,(H,51,55)(H,52,57). The molecule has 0 bridgehead atoms. The summed E-state index contributed by atoms with van der Waals surface area (Å²) in [5, 5.41) is 8.75. The lowest BCUT2D eigenvalue weighted by Gasteiger charge is -2.36. The third kappa shape index (κ3) is 9.62. The van der Waals surface area contributed by atoms with Gasteiger partial charge in [0.05, 0.1) is 30.4 Å². The zero-order valence-electron chi connectivity index (χ0n) is 36.3. The third-order valence-electron chi connectivity index (χ3n) is 11.3. The molecule has 6 rings (SSSR count). The van der Waals surface area contributed by atoms with Crippen molar-refractivity contribution in [1.29, 1.82) is 0 Å². The minimum absolute atomic E-state index is 0.0137. The average molecular weight is 918 g/mol. The molecule has 1 saturated carbocycles. The first-order valence-corrected chi connectivity index (χ1v) is 22.4. The number of aryl methyl sites for hydroxylation is 1. The van der Waals surface area contributed by atoms with Crippen molar-refractivity contribution in [3.05, 3.63) is 77.1 Å². The number of aromatic nitrogens is 2. The first-order chi connectivity index (χ1) is 29.3. The number of benzene rings is 2. The first-order valence-electron chi connectivity index (χ1n) is 20.0. The van der Waals surface area contributed by atoms with E-state index in [2.05, 4.69) is 17.2 Å². The molecule has 1 saturated heterocycles. The monoisotopic (exact) mass is 917 g/mol. The van der Waals surface area contributed by atoms with Crippen LogP contribution in [0.3, 0.4) is 0 Å². The summed E-state index contributed by atoms with van der Waals surface area (Å²) in [5.41, 5.74) is -1.81. The van der Waals surface area contributed by atoms with E-state index in [1.807, 2.05) is 30.9 Å². The lowest BCUT2D eigenvalue weighted by molar-refractivity contribution is -0.141. The number of alkyl halides is 3. The van der Waals surface area contributed by atoms with Crippen LogP contribution in [0.2, 0.25) is 0 Å². The van der Waals surface area contributed by atoms with Gasteiger partial charge in [0.25, 0.3) is 5.91 Å². The fourth-order valence-corrected chi connectivity index (χ4v) is 9.02. The molecule has 2 aliphatic rings. The minimum atomic E-state index is -5.02. The maximum atomic E-state index is 14.9. The van der Waals surface area contributed by atoms with Crippen molar-refractivity contribution in [2.45, 2.75) is 90.2 Å². The summed E-state index contributed by atoms with van der Waals surface area (Å²) in [5.74, 6) is -3.59. The van der Waals surface area contributed by atoms with Gasteiger partial charge in [0.1, 0.15) is 51.7 Å². The number of amides is 3. The number of halogens is 4. The van der Waals surface area contributed by atoms with Crippen LogP contribution in [0.15, 0.2) is 54.4 Å². The molecule has 20 heteroatoms. The second-order valence-electron chi connectivity index (χ2n) is 17.4. The fourth-order valence-electron chi connectivity index (χ4n) is 7.48. The van der Waals surface area contributed by atoms with Crippen LogP contribution in [0.25, 0.3) is 21.6 Å². The normalized spacial score (nSPS) is 20.7. The number of carbonyl (C=O) groups is 3. The molecule has 1 aliphatic carbocycles. The zero-order chi connectivity index (χ0) is 46.6. The van der Waals surface area contributed by atoms with Crippen LogP contribution >= 0.6 is 11.3 Å². The van der Waals surface area contributed by atoms with Crippen LogP contribution in [0.1, 0.15) is 70.2 Å². The highest BCUT2D eigenvalue weighted by Crippen LogP contribution is 2.46. The molecule has 2 aromatic carbocycles. The van der Waals surface area contributed by atoms with Crippen molar-refractivity contribution >= 4 is 55.9 Å². The Morgan fingerprint density at radius 1 is 1.08 bits per heavy atom. The number of hydrogen-bond acceptors (Lipinski definition) is 11. The van der Waals surface area contributed by atoms with Gasteiger partial charge in [-0.05, 0) is 55.0 Å². The molecular formula is C43H51F4N7O7S2. The summed E-state index contributed by atoms with van der Waals surface area (Å²) < 4.78 is 96.2. The van der Waals surface area contributed by atoms with Crippen LogP contribution in [-0.2, 0) is 30.8 Å². The van der Waals surface area contributed by atoms with Crippen LogP contribution in [0.5, 0.6) is 11.5 Å². The van der Waals surface area contributed by atoms with Gasteiger partial charge < -0.3 is 25.0 Å². The number of pyridine rings is 1. The van der Waals surface area contributed by atoms with E-state index in [0.29, 0.717) is 45.2 Å². The average Bonchev–Trinajstić information content (AvgIpc) is 3.47. The summed E-state index contributed by atoms with van der Waals surface area (Å²) in [6.45, 7) is 14.4. The number of fused-ring (bicyclic) bond motifs is 1. The first kappa shape index (κ1) is 47.1. The van der Waals surface area contributed by atoms with Gasteiger partial charge in [-0.1, -0.05) is 40.7 Å². The smallest absolute Gasteiger partial charge is 0.419 e. The van der Waals surface area contributed by atoms with Crippen molar-refractivity contribution in [1.82, 2.24) is 29.2 Å². The van der Waals surface area contributed by atoms with E-state index in [4.69, 9.17) is 19.4 Å². The molecule has 340 valence electrons. The maximum Gasteiger partial charge on any atom is 0.419 e. The Bertz CT molecular complexity index is 2560. The number of ether oxygens (including phenoxy) is 2. The van der Waals surface area contributed by atoms with Crippen LogP contribution < -0.4 is 24.8 Å². The number of carbonyl (C=O) groups excluding carboxylic acids is 3. The number of nitrogens with one attached hydrogen (secondary N) is 3. The Hall–Kier alpha value is -5.34. The molecule has 0 spiro atoms. The fraction of sp³-hybridized carbons (Fsp3) is 0.465. The Balaban J connectivity index is 1.41. The van der Waals surface area contributed by atoms with Gasteiger partial charge in [0.15, 0.2) is 0 Å². The van der Waals surface area contributed by atoms with Gasteiger partial charge in [0, 0.05) is 54.5 Å². The lowest BCUT2D eigenvalue weighted by Crippen LogP contribution is -2.59. The molecule has 2 aromatic heterocycles. The second-order valence-corrected chi connectivity index (χ2v) is 20.1. The second kappa shape index (κ2) is 17.3. The van der Waals surface area contributed by atoms with Gasteiger partial charge in [-0.15, -0.1) is 17.9 Å². The van der Waals surface area contributed by atoms with E-state index < -0.39 is 80.5 Å². The van der Waals surface area contributed by atoms with E-state index in [9.17, 15) is 40.4 Å². The summed E-state index contributed by atoms with van der Waals surface area (Å²) in [7, 11) is -0.283. The predicted molar refractivity (Wildman–Crippen MR) is 231 cm³/mol. The molecule has 4 aromatic rings. The van der Waals surface area contributed by atoms with E-state index in [-0.39, 0.29) is 31.0 Å². The van der Waals surface area contributed by atoms with Crippen LogP contribution in [-0.4, -0.2) is 96.8 Å². The molecule has 3 amide bonds. The number of methoxy groups -OCH3 is 1. The molecule has 63 heavy (non-hydrogen) atoms. The summed E-state index contributed by atoms with van der Waals surface area (Å²) in [6, 6.07) is 4.95. The molecule has 3 heterocycles. The van der Waals surface area contributed by atoms with Crippen molar-refractivity contribution < 1.29 is 49.8 Å². The number of rotatable bonds is 14. The largest absolute Gasteiger partial charge is 0.496 e. The van der Waals surface area contributed by atoms with Crippen LogP contribution in [0, 0.1) is 24.1 Å². The Labute approximate surface area is 367 Å². The topological polar surface area (TPSA) is 172 Å². The van der Waals surface area contributed by atoms with Gasteiger partial charge >= 0.3 is 16.4 Å². The maximum absolute atomic E-state index is 14.9. The molecule has 5 unspecified atom stereocenters. The number of nitrogens with zero attached hydrogens (tertiary/aromatic N) is 4. The Morgan fingerprint density at radius 3 is 2.35 bits per heavy atom. The summed E-state index contributed by atoms with van der Waals surface area (Å²) >= 11 is 1.41. The van der Waals surface area contributed by atoms with E-state index >= 15 is 0 Å². The Morgan fingerprint density at radius 2 is 1.78 bits per heavy atom. The van der Waals surface area contributed by atoms with Gasteiger partial charge in [-0.3, -0.25) is 14.4 Å². The third-order valence-corrected chi connectivity index (χ3v) is 13.6. The zero-order valence-corrected chi connectivity index (χ0v) is 37.9.